The maximum atomic E-state index is 11.4. The molecule has 0 saturated heterocycles. The number of carboxylic acid groups (broad SMARTS) is 1. The molecule has 8 heteroatoms. The van der Waals surface area contributed by atoms with E-state index in [2.05, 4.69) is 10.4 Å². The topological polar surface area (TPSA) is 110 Å². The van der Waals surface area contributed by atoms with Crippen LogP contribution in [0.1, 0.15) is 33.4 Å². The van der Waals surface area contributed by atoms with Crippen molar-refractivity contribution >= 4 is 17.5 Å². The summed E-state index contributed by atoms with van der Waals surface area (Å²) in [6, 6.07) is 0. The van der Waals surface area contributed by atoms with Crippen LogP contribution in [-0.2, 0) is 11.8 Å². The molecule has 0 bridgehead atoms. The van der Waals surface area contributed by atoms with Crippen molar-refractivity contribution in [2.75, 3.05) is 5.32 Å². The van der Waals surface area contributed by atoms with Gasteiger partial charge in [-0.3, -0.25) is 14.9 Å². The zero-order valence-corrected chi connectivity index (χ0v) is 12.5. The SMILES string of the molecule is Cc1nn(C)c(NC(C)(C)C(C)(C)C(=O)O)c1[N+](=O)[O-]. The third kappa shape index (κ3) is 2.45. The first-order valence-corrected chi connectivity index (χ1v) is 6.11. The van der Waals surface area contributed by atoms with Gasteiger partial charge in [0.1, 0.15) is 5.69 Å². The number of hydrogen-bond donors (Lipinski definition) is 2. The van der Waals surface area contributed by atoms with Gasteiger partial charge in [0.15, 0.2) is 0 Å². The summed E-state index contributed by atoms with van der Waals surface area (Å²) < 4.78 is 1.35. The molecule has 0 amide bonds. The molecule has 112 valence electrons. The van der Waals surface area contributed by atoms with Gasteiger partial charge in [-0.15, -0.1) is 0 Å². The molecule has 0 aliphatic rings. The van der Waals surface area contributed by atoms with Crippen LogP contribution in [0.2, 0.25) is 0 Å². The van der Waals surface area contributed by atoms with Crippen LogP contribution >= 0.6 is 0 Å². The fourth-order valence-electron chi connectivity index (χ4n) is 1.73. The van der Waals surface area contributed by atoms with Gasteiger partial charge in [0.25, 0.3) is 0 Å². The molecule has 0 spiro atoms. The van der Waals surface area contributed by atoms with E-state index in [1.165, 1.54) is 4.68 Å². The minimum Gasteiger partial charge on any atom is -0.481 e. The van der Waals surface area contributed by atoms with Gasteiger partial charge in [0.05, 0.1) is 10.3 Å². The smallest absolute Gasteiger partial charge is 0.333 e. The number of nitrogens with one attached hydrogen (secondary N) is 1. The number of aliphatic carboxylic acids is 1. The largest absolute Gasteiger partial charge is 0.481 e. The highest BCUT2D eigenvalue weighted by Crippen LogP contribution is 2.37. The second kappa shape index (κ2) is 4.77. The lowest BCUT2D eigenvalue weighted by Gasteiger charge is -2.39. The van der Waals surface area contributed by atoms with Gasteiger partial charge in [0, 0.05) is 12.6 Å². The molecule has 0 aliphatic heterocycles. The molecular formula is C12H20N4O4. The molecule has 20 heavy (non-hydrogen) atoms. The van der Waals surface area contributed by atoms with Crippen LogP contribution in [-0.4, -0.2) is 31.3 Å². The Balaban J connectivity index is 3.29. The van der Waals surface area contributed by atoms with Crippen molar-refractivity contribution in [3.63, 3.8) is 0 Å². The summed E-state index contributed by atoms with van der Waals surface area (Å²) in [6.45, 7) is 8.05. The van der Waals surface area contributed by atoms with Crippen molar-refractivity contribution in [3.05, 3.63) is 15.8 Å². The Morgan fingerprint density at radius 3 is 2.30 bits per heavy atom. The van der Waals surface area contributed by atoms with Crippen molar-refractivity contribution in [2.24, 2.45) is 12.5 Å². The Morgan fingerprint density at radius 1 is 1.40 bits per heavy atom. The highest BCUT2D eigenvalue weighted by Gasteiger charge is 2.45. The summed E-state index contributed by atoms with van der Waals surface area (Å²) in [5.74, 6) is -0.789. The van der Waals surface area contributed by atoms with Crippen LogP contribution in [0.4, 0.5) is 11.5 Å². The van der Waals surface area contributed by atoms with E-state index in [-0.39, 0.29) is 17.2 Å². The molecular weight excluding hydrogens is 264 g/mol. The third-order valence-electron chi connectivity index (χ3n) is 3.90. The Morgan fingerprint density at radius 2 is 1.90 bits per heavy atom. The normalized spacial score (nSPS) is 12.3. The van der Waals surface area contributed by atoms with Crippen LogP contribution < -0.4 is 5.32 Å². The first kappa shape index (κ1) is 15.9. The van der Waals surface area contributed by atoms with Crippen molar-refractivity contribution in [1.82, 2.24) is 9.78 Å². The molecule has 1 rings (SSSR count). The minimum absolute atomic E-state index is 0.137. The van der Waals surface area contributed by atoms with Gasteiger partial charge in [-0.1, -0.05) is 0 Å². The Bertz CT molecular complexity index is 560. The highest BCUT2D eigenvalue weighted by atomic mass is 16.6. The van der Waals surface area contributed by atoms with Gasteiger partial charge in [0.2, 0.25) is 5.82 Å². The minimum atomic E-state index is -1.13. The summed E-state index contributed by atoms with van der Waals surface area (Å²) in [5.41, 5.74) is -1.89. The lowest BCUT2D eigenvalue weighted by atomic mass is 9.74. The zero-order chi connectivity index (χ0) is 15.9. The first-order valence-electron chi connectivity index (χ1n) is 6.11. The number of carbonyl (C=O) groups is 1. The van der Waals surface area contributed by atoms with Gasteiger partial charge >= 0.3 is 11.7 Å². The van der Waals surface area contributed by atoms with E-state index in [1.807, 2.05) is 0 Å². The molecule has 0 aliphatic carbocycles. The van der Waals surface area contributed by atoms with Crippen molar-refractivity contribution in [1.29, 1.82) is 0 Å². The van der Waals surface area contributed by atoms with Gasteiger partial charge in [-0.2, -0.15) is 5.10 Å². The number of nitrogens with zero attached hydrogens (tertiary/aromatic N) is 3. The summed E-state index contributed by atoms with van der Waals surface area (Å²) in [4.78, 5) is 22.0. The van der Waals surface area contributed by atoms with Crippen molar-refractivity contribution in [3.8, 4) is 0 Å². The molecule has 1 heterocycles. The van der Waals surface area contributed by atoms with Crippen LogP contribution in [0.5, 0.6) is 0 Å². The van der Waals surface area contributed by atoms with Gasteiger partial charge in [-0.25, -0.2) is 4.68 Å². The van der Waals surface area contributed by atoms with Crippen LogP contribution in [0.15, 0.2) is 0 Å². The molecule has 0 radical (unpaired) electrons. The van der Waals surface area contributed by atoms with Gasteiger partial charge in [-0.05, 0) is 34.6 Å². The number of aromatic nitrogens is 2. The summed E-state index contributed by atoms with van der Waals surface area (Å²) in [7, 11) is 1.58. The van der Waals surface area contributed by atoms with E-state index in [4.69, 9.17) is 0 Å². The van der Waals surface area contributed by atoms with E-state index in [9.17, 15) is 20.0 Å². The average Bonchev–Trinajstić information content (AvgIpc) is 2.52. The number of aryl methyl sites for hydroxylation is 2. The van der Waals surface area contributed by atoms with E-state index < -0.39 is 21.8 Å². The van der Waals surface area contributed by atoms with Crippen LogP contribution in [0, 0.1) is 22.5 Å². The Kier molecular flexibility index (Phi) is 3.80. The molecule has 0 fully saturated rings. The summed E-state index contributed by atoms with van der Waals surface area (Å²) in [6.07, 6.45) is 0. The molecule has 0 unspecified atom stereocenters. The van der Waals surface area contributed by atoms with Crippen LogP contribution in [0.25, 0.3) is 0 Å². The maximum Gasteiger partial charge on any atom is 0.333 e. The average molecular weight is 284 g/mol. The fraction of sp³-hybridized carbons (Fsp3) is 0.667. The van der Waals surface area contributed by atoms with E-state index in [0.29, 0.717) is 0 Å². The predicted octanol–water partition coefficient (Wildman–Crippen LogP) is 1.94. The molecule has 0 aromatic carbocycles. The lowest BCUT2D eigenvalue weighted by Crippen LogP contribution is -2.51. The number of nitro groups is 1. The highest BCUT2D eigenvalue weighted by molar-refractivity contribution is 5.77. The molecule has 1 aromatic heterocycles. The fourth-order valence-corrected chi connectivity index (χ4v) is 1.73. The van der Waals surface area contributed by atoms with Crippen molar-refractivity contribution in [2.45, 2.75) is 40.2 Å². The second-order valence-electron chi connectivity index (χ2n) is 5.84. The number of anilines is 1. The lowest BCUT2D eigenvalue weighted by molar-refractivity contribution is -0.384. The summed E-state index contributed by atoms with van der Waals surface area (Å²) in [5, 5.41) is 27.4. The number of carboxylic acids is 1. The Labute approximate surface area is 116 Å². The standard InChI is InChI=1S/C12H20N4O4/c1-7-8(16(19)20)9(15(6)14-7)13-12(4,5)11(2,3)10(17)18/h13H,1-6H3,(H,17,18). The summed E-state index contributed by atoms with van der Waals surface area (Å²) >= 11 is 0. The maximum absolute atomic E-state index is 11.4. The molecule has 0 atom stereocenters. The number of rotatable bonds is 5. The first-order chi connectivity index (χ1) is 8.91. The van der Waals surface area contributed by atoms with Crippen molar-refractivity contribution < 1.29 is 14.8 Å². The number of hydrogen-bond acceptors (Lipinski definition) is 5. The van der Waals surface area contributed by atoms with Gasteiger partial charge < -0.3 is 10.4 Å². The molecule has 1 aromatic rings. The second-order valence-corrected chi connectivity index (χ2v) is 5.84. The van der Waals surface area contributed by atoms with Crippen LogP contribution in [0.3, 0.4) is 0 Å². The zero-order valence-electron chi connectivity index (χ0n) is 12.5. The van der Waals surface area contributed by atoms with E-state index in [0.717, 1.165) is 0 Å². The van der Waals surface area contributed by atoms with E-state index >= 15 is 0 Å². The molecule has 8 nitrogen and oxygen atoms in total. The predicted molar refractivity (Wildman–Crippen MR) is 73.7 cm³/mol. The third-order valence-corrected chi connectivity index (χ3v) is 3.90. The quantitative estimate of drug-likeness (QED) is 0.631. The Hall–Kier alpha value is -2.12. The molecule has 0 saturated carbocycles. The van der Waals surface area contributed by atoms with E-state index in [1.54, 1.807) is 41.7 Å². The molecule has 2 N–H and O–H groups in total. The monoisotopic (exact) mass is 284 g/mol.